The zero-order chi connectivity index (χ0) is 15.9. The van der Waals surface area contributed by atoms with Gasteiger partial charge in [0.2, 0.25) is 5.91 Å². The van der Waals surface area contributed by atoms with Crippen LogP contribution < -0.4 is 10.1 Å². The molecule has 116 valence electrons. The highest BCUT2D eigenvalue weighted by Gasteiger charge is 2.05. The third-order valence-electron chi connectivity index (χ3n) is 2.92. The van der Waals surface area contributed by atoms with Crippen LogP contribution in [0.5, 0.6) is 5.75 Å². The molecule has 0 bridgehead atoms. The van der Waals surface area contributed by atoms with Crippen molar-refractivity contribution < 1.29 is 22.7 Å². The van der Waals surface area contributed by atoms with Crippen molar-refractivity contribution in [1.29, 1.82) is 0 Å². The Morgan fingerprint density at radius 2 is 1.59 bits per heavy atom. The van der Waals surface area contributed by atoms with E-state index in [0.29, 0.717) is 5.56 Å². The molecule has 0 saturated heterocycles. The minimum atomic E-state index is -2.86. The highest BCUT2D eigenvalue weighted by molar-refractivity contribution is 5.78. The molecule has 3 nitrogen and oxygen atoms in total. The lowest BCUT2D eigenvalue weighted by molar-refractivity contribution is -0.120. The maximum absolute atomic E-state index is 12.7. The molecular formula is C16H14F3NO2. The van der Waals surface area contributed by atoms with E-state index in [1.54, 1.807) is 24.3 Å². The molecule has 2 aromatic carbocycles. The lowest BCUT2D eigenvalue weighted by Crippen LogP contribution is -2.24. The van der Waals surface area contributed by atoms with Gasteiger partial charge in [0.1, 0.15) is 11.6 Å². The number of ether oxygens (including phenoxy) is 1. The van der Waals surface area contributed by atoms with Crippen molar-refractivity contribution in [3.05, 3.63) is 65.5 Å². The van der Waals surface area contributed by atoms with Crippen molar-refractivity contribution in [2.75, 3.05) is 0 Å². The molecule has 22 heavy (non-hydrogen) atoms. The summed E-state index contributed by atoms with van der Waals surface area (Å²) in [6, 6.07) is 11.7. The molecule has 0 radical (unpaired) electrons. The molecule has 1 amide bonds. The Bertz CT molecular complexity index is 612. The van der Waals surface area contributed by atoms with E-state index in [1.165, 1.54) is 24.3 Å². The standard InChI is InChI=1S/C16H14F3NO2/c17-13-5-1-11(2-6-13)9-15(21)20-10-12-3-7-14(8-4-12)22-16(18)19/h1-8,16H,9-10H2,(H,20,21). The summed E-state index contributed by atoms with van der Waals surface area (Å²) in [4.78, 5) is 11.8. The quantitative estimate of drug-likeness (QED) is 0.889. The number of carbonyl (C=O) groups is 1. The third kappa shape index (κ3) is 5.12. The molecule has 0 aliphatic heterocycles. The topological polar surface area (TPSA) is 38.3 Å². The summed E-state index contributed by atoms with van der Waals surface area (Å²) in [5, 5.41) is 2.70. The Morgan fingerprint density at radius 3 is 2.18 bits per heavy atom. The summed E-state index contributed by atoms with van der Waals surface area (Å²) in [7, 11) is 0. The molecule has 1 N–H and O–H groups in total. The zero-order valence-corrected chi connectivity index (χ0v) is 11.6. The minimum Gasteiger partial charge on any atom is -0.435 e. The van der Waals surface area contributed by atoms with Crippen LogP contribution in [0.1, 0.15) is 11.1 Å². The average Bonchev–Trinajstić information content (AvgIpc) is 2.48. The number of carbonyl (C=O) groups excluding carboxylic acids is 1. The fraction of sp³-hybridized carbons (Fsp3) is 0.188. The van der Waals surface area contributed by atoms with E-state index < -0.39 is 6.61 Å². The number of alkyl halides is 2. The molecule has 0 heterocycles. The number of hydrogen-bond donors (Lipinski definition) is 1. The van der Waals surface area contributed by atoms with Crippen molar-refractivity contribution in [3.8, 4) is 5.75 Å². The number of hydrogen-bond acceptors (Lipinski definition) is 2. The monoisotopic (exact) mass is 309 g/mol. The van der Waals surface area contributed by atoms with E-state index in [9.17, 15) is 18.0 Å². The Hall–Kier alpha value is -2.50. The molecule has 0 atom stereocenters. The number of nitrogens with one attached hydrogen (secondary N) is 1. The van der Waals surface area contributed by atoms with E-state index in [2.05, 4.69) is 10.1 Å². The van der Waals surface area contributed by atoms with Crippen LogP contribution in [0.15, 0.2) is 48.5 Å². The van der Waals surface area contributed by atoms with Crippen LogP contribution in [-0.4, -0.2) is 12.5 Å². The van der Waals surface area contributed by atoms with Crippen molar-refractivity contribution in [2.24, 2.45) is 0 Å². The van der Waals surface area contributed by atoms with Gasteiger partial charge in [-0.15, -0.1) is 0 Å². The van der Waals surface area contributed by atoms with Crippen LogP contribution in [0.4, 0.5) is 13.2 Å². The smallest absolute Gasteiger partial charge is 0.387 e. The summed E-state index contributed by atoms with van der Waals surface area (Å²) in [6.45, 7) is -2.59. The van der Waals surface area contributed by atoms with E-state index in [0.717, 1.165) is 5.56 Å². The third-order valence-corrected chi connectivity index (χ3v) is 2.92. The molecule has 0 saturated carbocycles. The van der Waals surface area contributed by atoms with Crippen molar-refractivity contribution in [1.82, 2.24) is 5.32 Å². The first-order chi connectivity index (χ1) is 10.5. The lowest BCUT2D eigenvalue weighted by Gasteiger charge is -2.07. The first kappa shape index (κ1) is 15.9. The van der Waals surface area contributed by atoms with Gasteiger partial charge < -0.3 is 10.1 Å². The van der Waals surface area contributed by atoms with Crippen LogP contribution in [0.25, 0.3) is 0 Å². The van der Waals surface area contributed by atoms with Crippen LogP contribution in [-0.2, 0) is 17.8 Å². The normalized spacial score (nSPS) is 10.5. The molecule has 6 heteroatoms. The number of benzene rings is 2. The Balaban J connectivity index is 1.81. The largest absolute Gasteiger partial charge is 0.435 e. The molecule has 2 rings (SSSR count). The van der Waals surface area contributed by atoms with Gasteiger partial charge in [-0.25, -0.2) is 4.39 Å². The fourth-order valence-corrected chi connectivity index (χ4v) is 1.84. The maximum atomic E-state index is 12.7. The Morgan fingerprint density at radius 1 is 1.00 bits per heavy atom. The van der Waals surface area contributed by atoms with E-state index >= 15 is 0 Å². The predicted octanol–water partition coefficient (Wildman–Crippen LogP) is 3.29. The SMILES string of the molecule is O=C(Cc1ccc(F)cc1)NCc1ccc(OC(F)F)cc1. The molecule has 0 fully saturated rings. The lowest BCUT2D eigenvalue weighted by atomic mass is 10.1. The van der Waals surface area contributed by atoms with E-state index in [1.807, 2.05) is 0 Å². The summed E-state index contributed by atoms with van der Waals surface area (Å²) < 4.78 is 41.0. The fourth-order valence-electron chi connectivity index (χ4n) is 1.84. The summed E-state index contributed by atoms with van der Waals surface area (Å²) in [5.41, 5.74) is 1.47. The first-order valence-electron chi connectivity index (χ1n) is 6.58. The van der Waals surface area contributed by atoms with Gasteiger partial charge in [0.05, 0.1) is 6.42 Å². The van der Waals surface area contributed by atoms with E-state index in [-0.39, 0.29) is 30.4 Å². The summed E-state index contributed by atoms with van der Waals surface area (Å²) >= 11 is 0. The molecule has 0 unspecified atom stereocenters. The zero-order valence-electron chi connectivity index (χ0n) is 11.6. The van der Waals surface area contributed by atoms with Crippen LogP contribution >= 0.6 is 0 Å². The van der Waals surface area contributed by atoms with Crippen LogP contribution in [0, 0.1) is 5.82 Å². The Labute approximate surface area is 125 Å². The molecule has 0 spiro atoms. The van der Waals surface area contributed by atoms with E-state index in [4.69, 9.17) is 0 Å². The van der Waals surface area contributed by atoms with Gasteiger partial charge in [0.15, 0.2) is 0 Å². The number of amides is 1. The second-order valence-corrected chi connectivity index (χ2v) is 4.60. The predicted molar refractivity (Wildman–Crippen MR) is 75.0 cm³/mol. The van der Waals surface area contributed by atoms with Gasteiger partial charge in [-0.3, -0.25) is 4.79 Å². The number of rotatable bonds is 6. The average molecular weight is 309 g/mol. The minimum absolute atomic E-state index is 0.0661. The van der Waals surface area contributed by atoms with Gasteiger partial charge in [0.25, 0.3) is 0 Å². The first-order valence-corrected chi connectivity index (χ1v) is 6.58. The summed E-state index contributed by atoms with van der Waals surface area (Å²) in [6.07, 6.45) is 0.146. The molecule has 0 aliphatic carbocycles. The van der Waals surface area contributed by atoms with Gasteiger partial charge in [-0.2, -0.15) is 8.78 Å². The molecular weight excluding hydrogens is 295 g/mol. The van der Waals surface area contributed by atoms with Crippen LogP contribution in [0.2, 0.25) is 0 Å². The molecule has 0 aliphatic rings. The second kappa shape index (κ2) is 7.49. The van der Waals surface area contributed by atoms with Crippen molar-refractivity contribution in [2.45, 2.75) is 19.6 Å². The molecule has 2 aromatic rings. The highest BCUT2D eigenvalue weighted by atomic mass is 19.3. The van der Waals surface area contributed by atoms with Crippen molar-refractivity contribution >= 4 is 5.91 Å². The van der Waals surface area contributed by atoms with Crippen LogP contribution in [0.3, 0.4) is 0 Å². The van der Waals surface area contributed by atoms with Gasteiger partial charge in [0, 0.05) is 6.54 Å². The molecule has 0 aromatic heterocycles. The van der Waals surface area contributed by atoms with Gasteiger partial charge >= 0.3 is 6.61 Å². The highest BCUT2D eigenvalue weighted by Crippen LogP contribution is 2.14. The maximum Gasteiger partial charge on any atom is 0.387 e. The second-order valence-electron chi connectivity index (χ2n) is 4.60. The summed E-state index contributed by atoms with van der Waals surface area (Å²) in [5.74, 6) is -0.494. The van der Waals surface area contributed by atoms with Crippen molar-refractivity contribution in [3.63, 3.8) is 0 Å². The Kier molecular flexibility index (Phi) is 5.41. The number of halogens is 3. The van der Waals surface area contributed by atoms with Gasteiger partial charge in [-0.1, -0.05) is 24.3 Å². The van der Waals surface area contributed by atoms with Gasteiger partial charge in [-0.05, 0) is 35.4 Å².